The van der Waals surface area contributed by atoms with Crippen molar-refractivity contribution in [2.45, 2.75) is 59.0 Å². The number of benzene rings is 3. The molecular formula is C32H41N3O4S. The molecule has 0 aliphatic carbocycles. The normalized spacial score (nSPS) is 12.2. The first-order chi connectivity index (χ1) is 19.0. The number of rotatable bonds is 13. The summed E-state index contributed by atoms with van der Waals surface area (Å²) in [5.41, 5.74) is 4.09. The van der Waals surface area contributed by atoms with E-state index in [4.69, 9.17) is 0 Å². The van der Waals surface area contributed by atoms with E-state index in [1.807, 2.05) is 94.4 Å². The van der Waals surface area contributed by atoms with Gasteiger partial charge in [-0.1, -0.05) is 93.6 Å². The number of carbonyl (C=O) groups excluding carboxylic acids is 2. The Hall–Kier alpha value is -3.65. The fraction of sp³-hybridized carbons (Fsp3) is 0.375. The van der Waals surface area contributed by atoms with Gasteiger partial charge in [-0.25, -0.2) is 8.42 Å². The van der Waals surface area contributed by atoms with Gasteiger partial charge in [0.2, 0.25) is 21.8 Å². The molecule has 0 radical (unpaired) electrons. The molecule has 1 atom stereocenters. The van der Waals surface area contributed by atoms with Gasteiger partial charge in [-0.3, -0.25) is 13.9 Å². The molecule has 0 spiro atoms. The zero-order valence-electron chi connectivity index (χ0n) is 24.1. The fourth-order valence-corrected chi connectivity index (χ4v) is 5.56. The van der Waals surface area contributed by atoms with E-state index in [0.29, 0.717) is 18.7 Å². The Kier molecular flexibility index (Phi) is 10.9. The number of sulfonamides is 1. The third kappa shape index (κ3) is 8.18. The largest absolute Gasteiger partial charge is 0.354 e. The van der Waals surface area contributed by atoms with E-state index >= 15 is 0 Å². The number of nitrogens with zero attached hydrogens (tertiary/aromatic N) is 2. The maximum absolute atomic E-state index is 14.2. The van der Waals surface area contributed by atoms with Crippen LogP contribution in [-0.4, -0.2) is 50.5 Å². The smallest absolute Gasteiger partial charge is 0.244 e. The monoisotopic (exact) mass is 563 g/mol. The minimum absolute atomic E-state index is 0.0456. The molecule has 0 unspecified atom stereocenters. The minimum Gasteiger partial charge on any atom is -0.354 e. The van der Waals surface area contributed by atoms with Crippen LogP contribution in [0.3, 0.4) is 0 Å². The lowest BCUT2D eigenvalue weighted by Crippen LogP contribution is -2.53. The van der Waals surface area contributed by atoms with E-state index < -0.39 is 28.5 Å². The number of para-hydroxylation sites is 1. The molecule has 0 aliphatic rings. The molecule has 1 N–H and O–H groups in total. The van der Waals surface area contributed by atoms with Crippen LogP contribution in [0.15, 0.2) is 78.9 Å². The van der Waals surface area contributed by atoms with Crippen LogP contribution in [0.5, 0.6) is 0 Å². The lowest BCUT2D eigenvalue weighted by Gasteiger charge is -2.34. The Morgan fingerprint density at radius 1 is 0.900 bits per heavy atom. The summed E-state index contributed by atoms with van der Waals surface area (Å²) in [6.07, 6.45) is 2.16. The molecule has 3 aromatic rings. The number of anilines is 1. The van der Waals surface area contributed by atoms with E-state index in [9.17, 15) is 18.0 Å². The Morgan fingerprint density at radius 2 is 1.52 bits per heavy atom. The van der Waals surface area contributed by atoms with Gasteiger partial charge in [0.15, 0.2) is 0 Å². The highest BCUT2D eigenvalue weighted by Gasteiger charge is 2.33. The van der Waals surface area contributed by atoms with E-state index in [-0.39, 0.29) is 18.4 Å². The summed E-state index contributed by atoms with van der Waals surface area (Å²) in [5, 5.41) is 2.96. The Morgan fingerprint density at radius 3 is 2.15 bits per heavy atom. The predicted molar refractivity (Wildman–Crippen MR) is 162 cm³/mol. The number of nitrogens with one attached hydrogen (secondary N) is 1. The first kappa shape index (κ1) is 30.9. The zero-order valence-corrected chi connectivity index (χ0v) is 24.9. The van der Waals surface area contributed by atoms with Crippen LogP contribution >= 0.6 is 0 Å². The van der Waals surface area contributed by atoms with Gasteiger partial charge in [-0.15, -0.1) is 0 Å². The summed E-state index contributed by atoms with van der Waals surface area (Å²) in [4.78, 5) is 29.3. The summed E-state index contributed by atoms with van der Waals surface area (Å²) in [6.45, 7) is 8.14. The third-order valence-electron chi connectivity index (χ3n) is 6.93. The lowest BCUT2D eigenvalue weighted by atomic mass is 10.0. The first-order valence-corrected chi connectivity index (χ1v) is 15.6. The first-order valence-electron chi connectivity index (χ1n) is 13.7. The summed E-state index contributed by atoms with van der Waals surface area (Å²) in [6, 6.07) is 23.7. The lowest BCUT2D eigenvalue weighted by molar-refractivity contribution is -0.140. The topological polar surface area (TPSA) is 86.8 Å². The van der Waals surface area contributed by atoms with Crippen molar-refractivity contribution in [1.29, 1.82) is 0 Å². The molecule has 3 rings (SSSR count). The molecule has 0 aliphatic heterocycles. The van der Waals surface area contributed by atoms with Crippen molar-refractivity contribution in [1.82, 2.24) is 10.2 Å². The van der Waals surface area contributed by atoms with Gasteiger partial charge < -0.3 is 10.2 Å². The van der Waals surface area contributed by atoms with Gasteiger partial charge in [0.1, 0.15) is 12.6 Å². The highest BCUT2D eigenvalue weighted by molar-refractivity contribution is 7.92. The molecule has 0 aromatic heterocycles. The van der Waals surface area contributed by atoms with Gasteiger partial charge >= 0.3 is 0 Å². The molecule has 40 heavy (non-hydrogen) atoms. The summed E-state index contributed by atoms with van der Waals surface area (Å²) in [5.74, 6) is -0.662. The molecule has 0 fully saturated rings. The molecule has 8 heteroatoms. The van der Waals surface area contributed by atoms with Crippen LogP contribution in [0.2, 0.25) is 0 Å². The van der Waals surface area contributed by atoms with E-state index in [2.05, 4.69) is 5.32 Å². The number of hydrogen-bond acceptors (Lipinski definition) is 4. The Labute approximate surface area is 239 Å². The van der Waals surface area contributed by atoms with Gasteiger partial charge in [-0.05, 0) is 47.6 Å². The van der Waals surface area contributed by atoms with E-state index in [1.165, 1.54) is 9.21 Å². The van der Waals surface area contributed by atoms with Gasteiger partial charge in [-0.2, -0.15) is 0 Å². The highest BCUT2D eigenvalue weighted by Crippen LogP contribution is 2.29. The molecule has 2 amide bonds. The predicted octanol–water partition coefficient (Wildman–Crippen LogP) is 5.05. The van der Waals surface area contributed by atoms with Crippen LogP contribution in [0.25, 0.3) is 0 Å². The standard InChI is InChI=1S/C32H41N3O4S/c1-6-20-33-32(37)30(21-26-15-8-7-9-16-26)34(22-27-17-11-10-14-25(27)4)31(36)23-35(40(5,38)39)29-19-13-12-18-28(29)24(2)3/h7-19,24,30H,6,20-23H2,1-5H3,(H,33,37)/t30-/m1/s1. The Balaban J connectivity index is 2.09. The summed E-state index contributed by atoms with van der Waals surface area (Å²) < 4.78 is 27.3. The van der Waals surface area contributed by atoms with Crippen molar-refractivity contribution in [2.24, 2.45) is 0 Å². The van der Waals surface area contributed by atoms with Crippen molar-refractivity contribution in [2.75, 3.05) is 23.7 Å². The van der Waals surface area contributed by atoms with Crippen molar-refractivity contribution in [3.8, 4) is 0 Å². The van der Waals surface area contributed by atoms with Gasteiger partial charge in [0.25, 0.3) is 0 Å². The molecule has 214 valence electrons. The van der Waals surface area contributed by atoms with Gasteiger partial charge in [0.05, 0.1) is 11.9 Å². The highest BCUT2D eigenvalue weighted by atomic mass is 32.2. The van der Waals surface area contributed by atoms with Gasteiger partial charge in [0, 0.05) is 19.5 Å². The summed E-state index contributed by atoms with van der Waals surface area (Å²) in [7, 11) is -3.82. The average Bonchev–Trinajstić information content (AvgIpc) is 2.93. The van der Waals surface area contributed by atoms with Crippen molar-refractivity contribution in [3.63, 3.8) is 0 Å². The summed E-state index contributed by atoms with van der Waals surface area (Å²) >= 11 is 0. The van der Waals surface area contributed by atoms with Crippen LogP contribution in [0.1, 0.15) is 55.4 Å². The Bertz CT molecular complexity index is 1390. The number of amides is 2. The molecule has 0 saturated carbocycles. The molecule has 0 heterocycles. The quantitative estimate of drug-likeness (QED) is 0.315. The maximum Gasteiger partial charge on any atom is 0.244 e. The SMILES string of the molecule is CCCNC(=O)[C@@H](Cc1ccccc1)N(Cc1ccccc1C)C(=O)CN(c1ccccc1C(C)C)S(C)(=O)=O. The third-order valence-corrected chi connectivity index (χ3v) is 8.06. The number of aryl methyl sites for hydroxylation is 1. The van der Waals surface area contributed by atoms with Crippen LogP contribution in [-0.2, 0) is 32.6 Å². The second kappa shape index (κ2) is 14.1. The molecular weight excluding hydrogens is 522 g/mol. The molecule has 0 bridgehead atoms. The van der Waals surface area contributed by atoms with Crippen LogP contribution in [0, 0.1) is 6.92 Å². The second-order valence-corrected chi connectivity index (χ2v) is 12.3. The maximum atomic E-state index is 14.2. The molecule has 7 nitrogen and oxygen atoms in total. The van der Waals surface area contributed by atoms with Crippen molar-refractivity contribution < 1.29 is 18.0 Å². The van der Waals surface area contributed by atoms with E-state index in [1.54, 1.807) is 12.1 Å². The minimum atomic E-state index is -3.82. The number of hydrogen-bond donors (Lipinski definition) is 1. The van der Waals surface area contributed by atoms with E-state index in [0.717, 1.165) is 34.9 Å². The van der Waals surface area contributed by atoms with Crippen LogP contribution < -0.4 is 9.62 Å². The zero-order chi connectivity index (χ0) is 29.3. The van der Waals surface area contributed by atoms with Crippen molar-refractivity contribution in [3.05, 3.63) is 101 Å². The average molecular weight is 564 g/mol. The van der Waals surface area contributed by atoms with Crippen LogP contribution in [0.4, 0.5) is 5.69 Å². The fourth-order valence-electron chi connectivity index (χ4n) is 4.69. The molecule has 0 saturated heterocycles. The second-order valence-electron chi connectivity index (χ2n) is 10.4. The van der Waals surface area contributed by atoms with Crippen molar-refractivity contribution >= 4 is 27.5 Å². The number of carbonyl (C=O) groups is 2. The molecule has 3 aromatic carbocycles.